The van der Waals surface area contributed by atoms with Crippen molar-refractivity contribution in [3.8, 4) is 5.88 Å². The highest BCUT2D eigenvalue weighted by Crippen LogP contribution is 2.11. The molecule has 1 N–H and O–H groups in total. The largest absolute Gasteiger partial charge is 0.494 e. The SMILES string of the molecule is [3H]c1cc(=O)n(CC)c(O)c1C. The van der Waals surface area contributed by atoms with E-state index < -0.39 is 0 Å². The molecule has 0 unspecified atom stereocenters. The summed E-state index contributed by atoms with van der Waals surface area (Å²) in [7, 11) is 0. The molecule has 0 aliphatic carbocycles. The first kappa shape index (κ1) is 6.46. The van der Waals surface area contributed by atoms with Crippen molar-refractivity contribution in [2.75, 3.05) is 0 Å². The topological polar surface area (TPSA) is 42.2 Å². The molecule has 3 heteroatoms. The molecule has 1 aromatic rings. The molecule has 0 bridgehead atoms. The van der Waals surface area contributed by atoms with E-state index in [9.17, 15) is 9.90 Å². The fourth-order valence-corrected chi connectivity index (χ4v) is 0.925. The van der Waals surface area contributed by atoms with Gasteiger partial charge in [-0.25, -0.2) is 0 Å². The minimum absolute atomic E-state index is 0.0854. The van der Waals surface area contributed by atoms with Crippen LogP contribution < -0.4 is 5.56 Å². The van der Waals surface area contributed by atoms with Crippen molar-refractivity contribution in [1.29, 1.82) is 0 Å². The van der Waals surface area contributed by atoms with Crippen molar-refractivity contribution in [3.05, 3.63) is 28.0 Å². The predicted octanol–water partition coefficient (Wildman–Crippen LogP) is 0.882. The maximum atomic E-state index is 11.1. The van der Waals surface area contributed by atoms with E-state index in [2.05, 4.69) is 0 Å². The van der Waals surface area contributed by atoms with Crippen LogP contribution in [0.1, 0.15) is 13.9 Å². The summed E-state index contributed by atoms with van der Waals surface area (Å²) in [5, 5.41) is 9.40. The van der Waals surface area contributed by atoms with E-state index >= 15 is 0 Å². The molecule has 0 aliphatic heterocycles. The Hall–Kier alpha value is -1.25. The lowest BCUT2D eigenvalue weighted by atomic mass is 10.3. The quantitative estimate of drug-likeness (QED) is 0.654. The van der Waals surface area contributed by atoms with Crippen molar-refractivity contribution in [3.63, 3.8) is 0 Å². The first-order valence-electron chi connectivity index (χ1n) is 3.98. The van der Waals surface area contributed by atoms with Gasteiger partial charge in [0.15, 0.2) is 5.88 Å². The van der Waals surface area contributed by atoms with Gasteiger partial charge < -0.3 is 5.11 Å². The van der Waals surface area contributed by atoms with Crippen molar-refractivity contribution in [1.82, 2.24) is 4.57 Å². The Balaban J connectivity index is 3.52. The molecule has 0 saturated heterocycles. The van der Waals surface area contributed by atoms with Gasteiger partial charge in [-0.1, -0.05) is 0 Å². The molecule has 0 radical (unpaired) electrons. The number of nitrogens with zero attached hydrogens (tertiary/aromatic N) is 1. The molecular formula is C8H11NO2. The van der Waals surface area contributed by atoms with Gasteiger partial charge in [-0.2, -0.15) is 0 Å². The van der Waals surface area contributed by atoms with Crippen LogP contribution in [-0.2, 0) is 6.54 Å². The van der Waals surface area contributed by atoms with E-state index in [1.54, 1.807) is 13.8 Å². The Morgan fingerprint density at radius 3 is 3.00 bits per heavy atom. The average molecular weight is 155 g/mol. The molecule has 3 nitrogen and oxygen atoms in total. The van der Waals surface area contributed by atoms with Crippen molar-refractivity contribution < 1.29 is 6.48 Å². The lowest BCUT2D eigenvalue weighted by Crippen LogP contribution is -2.17. The molecule has 0 aromatic carbocycles. The molecule has 60 valence electrons. The third-order valence-corrected chi connectivity index (χ3v) is 1.59. The highest BCUT2D eigenvalue weighted by Gasteiger charge is 2.01. The smallest absolute Gasteiger partial charge is 0.253 e. The van der Waals surface area contributed by atoms with Crippen LogP contribution in [0.5, 0.6) is 5.88 Å². The Bertz CT molecular complexity index is 357. The van der Waals surface area contributed by atoms with Crippen molar-refractivity contribution in [2.45, 2.75) is 20.4 Å². The zero-order valence-corrected chi connectivity index (χ0v) is 6.59. The van der Waals surface area contributed by atoms with Gasteiger partial charge in [0.1, 0.15) is 0 Å². The Morgan fingerprint density at radius 1 is 1.82 bits per heavy atom. The Kier molecular flexibility index (Phi) is 1.63. The van der Waals surface area contributed by atoms with Crippen LogP contribution in [0.25, 0.3) is 0 Å². The van der Waals surface area contributed by atoms with E-state index in [-0.39, 0.29) is 17.5 Å². The summed E-state index contributed by atoms with van der Waals surface area (Å²) in [6, 6.07) is 1.29. The van der Waals surface area contributed by atoms with E-state index in [0.29, 0.717) is 12.1 Å². The summed E-state index contributed by atoms with van der Waals surface area (Å²) in [6.45, 7) is 3.80. The molecule has 1 aromatic heterocycles. The molecule has 0 spiro atoms. The monoisotopic (exact) mass is 155 g/mol. The zero-order chi connectivity index (χ0) is 9.30. The van der Waals surface area contributed by atoms with Crippen molar-refractivity contribution >= 4 is 0 Å². The molecule has 0 saturated carbocycles. The maximum absolute atomic E-state index is 11.1. The van der Waals surface area contributed by atoms with Gasteiger partial charge >= 0.3 is 0 Å². The van der Waals surface area contributed by atoms with Gasteiger partial charge in [0.2, 0.25) is 0 Å². The van der Waals surface area contributed by atoms with Gasteiger partial charge in [-0.15, -0.1) is 0 Å². The van der Waals surface area contributed by atoms with E-state index in [4.69, 9.17) is 1.37 Å². The Morgan fingerprint density at radius 2 is 2.45 bits per heavy atom. The highest BCUT2D eigenvalue weighted by molar-refractivity contribution is 5.23. The van der Waals surface area contributed by atoms with Gasteiger partial charge in [0.25, 0.3) is 5.56 Å². The van der Waals surface area contributed by atoms with Gasteiger partial charge in [-0.3, -0.25) is 9.36 Å². The number of aromatic nitrogens is 1. The summed E-state index contributed by atoms with van der Waals surface area (Å²) in [5.41, 5.74) is 0.113. The standard InChI is InChI=1S/C8H11NO2/c1-3-9-7(10)5-4-6(2)8(9)11/h4-5,11H,3H2,1-2H3/i4T. The zero-order valence-electron chi connectivity index (χ0n) is 7.59. The number of hydrogen-bond acceptors (Lipinski definition) is 2. The number of aromatic hydroxyl groups is 1. The third kappa shape index (κ3) is 1.27. The molecule has 0 fully saturated rings. The summed E-state index contributed by atoms with van der Waals surface area (Å²) < 4.78 is 8.53. The predicted molar refractivity (Wildman–Crippen MR) is 42.8 cm³/mol. The molecule has 1 rings (SSSR count). The molecule has 0 amide bonds. The van der Waals surface area contributed by atoms with Crippen LogP contribution in [0.3, 0.4) is 0 Å². The molecule has 0 atom stereocenters. The van der Waals surface area contributed by atoms with E-state index in [1.165, 1.54) is 10.6 Å². The van der Waals surface area contributed by atoms with E-state index in [0.717, 1.165) is 0 Å². The second kappa shape index (κ2) is 2.78. The van der Waals surface area contributed by atoms with Crippen LogP contribution in [0, 0.1) is 6.92 Å². The average Bonchev–Trinajstić information content (AvgIpc) is 2.01. The van der Waals surface area contributed by atoms with E-state index in [1.807, 2.05) is 0 Å². The minimum atomic E-state index is -0.328. The fourth-order valence-electron chi connectivity index (χ4n) is 0.925. The first-order chi connectivity index (χ1) is 5.57. The second-order valence-corrected chi connectivity index (χ2v) is 2.32. The second-order valence-electron chi connectivity index (χ2n) is 2.32. The number of rotatable bonds is 1. The first-order valence-corrected chi connectivity index (χ1v) is 3.48. The normalized spacial score (nSPS) is 11.3. The summed E-state index contributed by atoms with van der Waals surface area (Å²) in [4.78, 5) is 11.1. The molecule has 1 heterocycles. The highest BCUT2D eigenvalue weighted by atomic mass is 16.3. The van der Waals surface area contributed by atoms with Crippen LogP contribution in [-0.4, -0.2) is 9.67 Å². The maximum Gasteiger partial charge on any atom is 0.253 e. The molecular weight excluding hydrogens is 142 g/mol. The van der Waals surface area contributed by atoms with Gasteiger partial charge in [-0.05, 0) is 19.9 Å². The van der Waals surface area contributed by atoms with Crippen molar-refractivity contribution in [2.24, 2.45) is 0 Å². The lowest BCUT2D eigenvalue weighted by molar-refractivity contribution is 0.407. The summed E-state index contributed by atoms with van der Waals surface area (Å²) in [6.07, 6.45) is 0. The lowest BCUT2D eigenvalue weighted by Gasteiger charge is -2.05. The van der Waals surface area contributed by atoms with Crippen LogP contribution in [0.4, 0.5) is 0 Å². The van der Waals surface area contributed by atoms with Gasteiger partial charge in [0, 0.05) is 18.2 Å². The molecule has 11 heavy (non-hydrogen) atoms. The summed E-state index contributed by atoms with van der Waals surface area (Å²) >= 11 is 0. The number of pyridine rings is 1. The third-order valence-electron chi connectivity index (χ3n) is 1.59. The fraction of sp³-hybridized carbons (Fsp3) is 0.375. The molecule has 0 aliphatic rings. The van der Waals surface area contributed by atoms with Crippen LogP contribution in [0.2, 0.25) is 0 Å². The minimum Gasteiger partial charge on any atom is -0.494 e. The van der Waals surface area contributed by atoms with Crippen LogP contribution in [0.15, 0.2) is 16.9 Å². The number of hydrogen-bond donors (Lipinski definition) is 1. The van der Waals surface area contributed by atoms with Gasteiger partial charge in [0.05, 0.1) is 1.37 Å². The summed E-state index contributed by atoms with van der Waals surface area (Å²) in [5.74, 6) is -0.102. The van der Waals surface area contributed by atoms with Crippen LogP contribution >= 0.6 is 0 Å². The Labute approximate surface area is 66.3 Å².